The van der Waals surface area contributed by atoms with Gasteiger partial charge < -0.3 is 14.6 Å². The minimum atomic E-state index is -0.677. The van der Waals surface area contributed by atoms with E-state index >= 15 is 0 Å². The van der Waals surface area contributed by atoms with Gasteiger partial charge in [-0.3, -0.25) is 0 Å². The van der Waals surface area contributed by atoms with Crippen molar-refractivity contribution in [2.45, 2.75) is 13.0 Å². The highest BCUT2D eigenvalue weighted by molar-refractivity contribution is 5.38. The van der Waals surface area contributed by atoms with Crippen molar-refractivity contribution in [1.82, 2.24) is 0 Å². The second-order valence-electron chi connectivity index (χ2n) is 5.66. The van der Waals surface area contributed by atoms with Gasteiger partial charge in [0.1, 0.15) is 23.4 Å². The molecule has 1 atom stereocenters. The lowest BCUT2D eigenvalue weighted by Gasteiger charge is -2.13. The van der Waals surface area contributed by atoms with Crippen LogP contribution < -0.4 is 9.47 Å². The number of methoxy groups -OCH3 is 1. The number of aryl methyl sites for hydroxylation is 1. The van der Waals surface area contributed by atoms with Crippen LogP contribution in [0.15, 0.2) is 72.8 Å². The second kappa shape index (κ2) is 7.20. The van der Waals surface area contributed by atoms with Gasteiger partial charge in [-0.1, -0.05) is 42.0 Å². The fourth-order valence-corrected chi connectivity index (χ4v) is 2.44. The molecule has 0 fully saturated rings. The van der Waals surface area contributed by atoms with Crippen LogP contribution >= 0.6 is 0 Å². The molecule has 3 aromatic rings. The maximum Gasteiger partial charge on any atom is 0.127 e. The third-order valence-corrected chi connectivity index (χ3v) is 3.88. The Balaban J connectivity index is 1.72. The van der Waals surface area contributed by atoms with Crippen LogP contribution in [-0.2, 0) is 0 Å². The average molecular weight is 320 g/mol. The molecule has 122 valence electrons. The molecule has 1 unspecified atom stereocenters. The molecule has 0 aliphatic heterocycles. The highest BCUT2D eigenvalue weighted by atomic mass is 16.5. The SMILES string of the molecule is COc1ccc(C(O)c2ccc(Oc3ccc(C)cc3)cc2)cc1. The average Bonchev–Trinajstić information content (AvgIpc) is 2.64. The summed E-state index contributed by atoms with van der Waals surface area (Å²) in [6.07, 6.45) is -0.677. The summed E-state index contributed by atoms with van der Waals surface area (Å²) in [4.78, 5) is 0. The minimum Gasteiger partial charge on any atom is -0.497 e. The monoisotopic (exact) mass is 320 g/mol. The fourth-order valence-electron chi connectivity index (χ4n) is 2.44. The van der Waals surface area contributed by atoms with Crippen LogP contribution in [0.25, 0.3) is 0 Å². The highest BCUT2D eigenvalue weighted by Crippen LogP contribution is 2.27. The zero-order valence-corrected chi connectivity index (χ0v) is 13.8. The summed E-state index contributed by atoms with van der Waals surface area (Å²) < 4.78 is 10.9. The molecule has 24 heavy (non-hydrogen) atoms. The molecule has 0 amide bonds. The van der Waals surface area contributed by atoms with Crippen LogP contribution in [0.2, 0.25) is 0 Å². The first kappa shape index (κ1) is 16.1. The van der Waals surface area contributed by atoms with Crippen molar-refractivity contribution in [3.05, 3.63) is 89.5 Å². The molecule has 0 aliphatic carbocycles. The number of aliphatic hydroxyl groups is 1. The predicted molar refractivity (Wildman–Crippen MR) is 94.8 cm³/mol. The number of rotatable bonds is 5. The van der Waals surface area contributed by atoms with E-state index in [4.69, 9.17) is 9.47 Å². The first-order chi connectivity index (χ1) is 11.7. The number of ether oxygens (including phenoxy) is 2. The van der Waals surface area contributed by atoms with Crippen LogP contribution in [0.3, 0.4) is 0 Å². The molecule has 3 nitrogen and oxygen atoms in total. The topological polar surface area (TPSA) is 38.7 Å². The van der Waals surface area contributed by atoms with Crippen molar-refractivity contribution in [2.24, 2.45) is 0 Å². The lowest BCUT2D eigenvalue weighted by molar-refractivity contribution is 0.220. The summed E-state index contributed by atoms with van der Waals surface area (Å²) in [6, 6.07) is 22.8. The van der Waals surface area contributed by atoms with Gasteiger partial charge in [0, 0.05) is 0 Å². The molecule has 0 spiro atoms. The van der Waals surface area contributed by atoms with Crippen molar-refractivity contribution < 1.29 is 14.6 Å². The Bertz CT molecular complexity index is 775. The van der Waals surface area contributed by atoms with Crippen LogP contribution in [0.5, 0.6) is 17.2 Å². The summed E-state index contributed by atoms with van der Waals surface area (Å²) in [5.74, 6) is 2.31. The highest BCUT2D eigenvalue weighted by Gasteiger charge is 2.10. The third kappa shape index (κ3) is 3.76. The molecule has 0 saturated carbocycles. The number of hydrogen-bond donors (Lipinski definition) is 1. The van der Waals surface area contributed by atoms with Gasteiger partial charge in [-0.15, -0.1) is 0 Å². The Hall–Kier alpha value is -2.78. The summed E-state index contributed by atoms with van der Waals surface area (Å²) in [6.45, 7) is 2.04. The Kier molecular flexibility index (Phi) is 4.82. The van der Waals surface area contributed by atoms with E-state index in [-0.39, 0.29) is 0 Å². The molecular formula is C21H20O3. The predicted octanol–water partition coefficient (Wildman–Crippen LogP) is 4.88. The van der Waals surface area contributed by atoms with Gasteiger partial charge in [-0.25, -0.2) is 0 Å². The van der Waals surface area contributed by atoms with E-state index in [1.54, 1.807) is 7.11 Å². The summed E-state index contributed by atoms with van der Waals surface area (Å²) in [7, 11) is 1.62. The molecule has 3 aromatic carbocycles. The van der Waals surface area contributed by atoms with Gasteiger partial charge in [0.05, 0.1) is 7.11 Å². The first-order valence-electron chi connectivity index (χ1n) is 7.82. The quantitative estimate of drug-likeness (QED) is 0.728. The zero-order valence-electron chi connectivity index (χ0n) is 13.8. The van der Waals surface area contributed by atoms with Crippen LogP contribution in [0.1, 0.15) is 22.8 Å². The summed E-state index contributed by atoms with van der Waals surface area (Å²) >= 11 is 0. The van der Waals surface area contributed by atoms with Gasteiger partial charge >= 0.3 is 0 Å². The van der Waals surface area contributed by atoms with Crippen LogP contribution in [-0.4, -0.2) is 12.2 Å². The van der Waals surface area contributed by atoms with Gasteiger partial charge in [0.2, 0.25) is 0 Å². The molecule has 0 radical (unpaired) electrons. The molecule has 0 heterocycles. The zero-order chi connectivity index (χ0) is 16.9. The van der Waals surface area contributed by atoms with Crippen molar-refractivity contribution in [2.75, 3.05) is 7.11 Å². The Morgan fingerprint density at radius 2 is 1.08 bits per heavy atom. The van der Waals surface area contributed by atoms with Gasteiger partial charge in [-0.2, -0.15) is 0 Å². The molecule has 0 saturated heterocycles. The lowest BCUT2D eigenvalue weighted by Crippen LogP contribution is -1.99. The Morgan fingerprint density at radius 1 is 0.667 bits per heavy atom. The van der Waals surface area contributed by atoms with E-state index in [1.165, 1.54) is 5.56 Å². The van der Waals surface area contributed by atoms with Gasteiger partial charge in [0.15, 0.2) is 0 Å². The number of aliphatic hydroxyl groups excluding tert-OH is 1. The smallest absolute Gasteiger partial charge is 0.127 e. The molecule has 0 aromatic heterocycles. The normalized spacial score (nSPS) is 11.8. The second-order valence-corrected chi connectivity index (χ2v) is 5.66. The minimum absolute atomic E-state index is 0.677. The van der Waals surface area contributed by atoms with Gasteiger partial charge in [-0.05, 0) is 54.4 Å². The number of benzene rings is 3. The van der Waals surface area contributed by atoms with Crippen LogP contribution in [0, 0.1) is 6.92 Å². The molecule has 3 heteroatoms. The van der Waals surface area contributed by atoms with E-state index in [0.717, 1.165) is 28.4 Å². The van der Waals surface area contributed by atoms with E-state index in [2.05, 4.69) is 0 Å². The summed E-state index contributed by atoms with van der Waals surface area (Å²) in [5, 5.41) is 10.5. The Labute approximate surface area is 142 Å². The lowest BCUT2D eigenvalue weighted by atomic mass is 10.0. The van der Waals surface area contributed by atoms with Crippen LogP contribution in [0.4, 0.5) is 0 Å². The maximum absolute atomic E-state index is 10.5. The van der Waals surface area contributed by atoms with Crippen molar-refractivity contribution >= 4 is 0 Å². The van der Waals surface area contributed by atoms with E-state index in [9.17, 15) is 5.11 Å². The molecule has 1 N–H and O–H groups in total. The maximum atomic E-state index is 10.5. The number of hydrogen-bond acceptors (Lipinski definition) is 3. The van der Waals surface area contributed by atoms with Crippen molar-refractivity contribution in [1.29, 1.82) is 0 Å². The summed E-state index contributed by atoms with van der Waals surface area (Å²) in [5.41, 5.74) is 2.83. The van der Waals surface area contributed by atoms with Crippen molar-refractivity contribution in [3.63, 3.8) is 0 Å². The standard InChI is InChI=1S/C21H20O3/c1-15-3-9-19(10-4-15)24-20-13-7-17(8-14-20)21(22)16-5-11-18(23-2)12-6-16/h3-14,21-22H,1-2H3. The largest absolute Gasteiger partial charge is 0.497 e. The first-order valence-corrected chi connectivity index (χ1v) is 7.82. The van der Waals surface area contributed by atoms with E-state index < -0.39 is 6.10 Å². The molecule has 3 rings (SSSR count). The van der Waals surface area contributed by atoms with Gasteiger partial charge in [0.25, 0.3) is 0 Å². The third-order valence-electron chi connectivity index (χ3n) is 3.88. The molecule has 0 aliphatic rings. The molecule has 0 bridgehead atoms. The van der Waals surface area contributed by atoms with E-state index in [1.807, 2.05) is 79.7 Å². The fraction of sp³-hybridized carbons (Fsp3) is 0.143. The van der Waals surface area contributed by atoms with E-state index in [0.29, 0.717) is 0 Å². The molecular weight excluding hydrogens is 300 g/mol. The van der Waals surface area contributed by atoms with Crippen molar-refractivity contribution in [3.8, 4) is 17.2 Å². The Morgan fingerprint density at radius 3 is 1.54 bits per heavy atom.